The summed E-state index contributed by atoms with van der Waals surface area (Å²) in [7, 11) is 0. The molecule has 9 heteroatoms. The highest BCUT2D eigenvalue weighted by molar-refractivity contribution is 6.30. The highest BCUT2D eigenvalue weighted by atomic mass is 35.5. The quantitative estimate of drug-likeness (QED) is 0.385. The van der Waals surface area contributed by atoms with Crippen molar-refractivity contribution in [2.75, 3.05) is 23.8 Å². The largest absolute Gasteiger partial charge is 0.396 e. The molecular weight excluding hydrogens is 322 g/mol. The van der Waals surface area contributed by atoms with Crippen LogP contribution in [0.15, 0.2) is 30.5 Å². The Morgan fingerprint density at radius 1 is 1.26 bits per heavy atom. The molecule has 0 aliphatic heterocycles. The van der Waals surface area contributed by atoms with Gasteiger partial charge in [0.25, 0.3) is 0 Å². The van der Waals surface area contributed by atoms with Gasteiger partial charge in [-0.15, -0.1) is 0 Å². The van der Waals surface area contributed by atoms with Crippen LogP contribution in [0.3, 0.4) is 0 Å². The van der Waals surface area contributed by atoms with Gasteiger partial charge >= 0.3 is 5.69 Å². The lowest BCUT2D eigenvalue weighted by Gasteiger charge is -2.09. The molecule has 0 aliphatic carbocycles. The van der Waals surface area contributed by atoms with Crippen LogP contribution < -0.4 is 10.6 Å². The first-order valence-electron chi connectivity index (χ1n) is 6.99. The summed E-state index contributed by atoms with van der Waals surface area (Å²) in [5.74, 6) is 0.377. The number of nitrogens with zero attached hydrogens (tertiary/aromatic N) is 3. The molecule has 0 amide bonds. The molecule has 2 aromatic rings. The predicted octanol–water partition coefficient (Wildman–Crippen LogP) is 2.97. The van der Waals surface area contributed by atoms with E-state index in [0.717, 1.165) is 11.9 Å². The van der Waals surface area contributed by atoms with Gasteiger partial charge in [0.1, 0.15) is 6.20 Å². The smallest absolute Gasteiger partial charge is 0.329 e. The first-order valence-corrected chi connectivity index (χ1v) is 7.36. The molecule has 0 saturated carbocycles. The van der Waals surface area contributed by atoms with Crippen LogP contribution in [0.1, 0.15) is 12.8 Å². The first-order chi connectivity index (χ1) is 11.1. The van der Waals surface area contributed by atoms with Crippen LogP contribution in [-0.2, 0) is 0 Å². The van der Waals surface area contributed by atoms with Crippen LogP contribution in [0.5, 0.6) is 0 Å². The molecule has 0 atom stereocenters. The summed E-state index contributed by atoms with van der Waals surface area (Å²) in [5, 5.41) is 26.2. The Morgan fingerprint density at radius 3 is 2.65 bits per heavy atom. The van der Waals surface area contributed by atoms with E-state index in [1.165, 1.54) is 0 Å². The van der Waals surface area contributed by atoms with E-state index < -0.39 is 4.92 Å². The number of halogens is 1. The average molecular weight is 338 g/mol. The SMILES string of the molecule is O=[N+]([O-])c1cnc(Nc2ccc(Cl)cc2)nc1NCCCCO. The van der Waals surface area contributed by atoms with Crippen molar-refractivity contribution in [1.82, 2.24) is 9.97 Å². The van der Waals surface area contributed by atoms with Gasteiger partial charge in [-0.2, -0.15) is 4.98 Å². The van der Waals surface area contributed by atoms with E-state index in [4.69, 9.17) is 16.7 Å². The third kappa shape index (κ3) is 5.04. The normalized spacial score (nSPS) is 10.3. The molecule has 3 N–H and O–H groups in total. The van der Waals surface area contributed by atoms with E-state index in [-0.39, 0.29) is 24.1 Å². The number of aliphatic hydroxyl groups is 1. The Balaban J connectivity index is 2.14. The Bertz CT molecular complexity index is 666. The molecule has 122 valence electrons. The van der Waals surface area contributed by atoms with Crippen molar-refractivity contribution < 1.29 is 10.0 Å². The molecule has 2 rings (SSSR count). The summed E-state index contributed by atoms with van der Waals surface area (Å²) >= 11 is 5.82. The third-order valence-electron chi connectivity index (χ3n) is 2.94. The number of hydrogen-bond donors (Lipinski definition) is 3. The van der Waals surface area contributed by atoms with Gasteiger partial charge < -0.3 is 15.7 Å². The van der Waals surface area contributed by atoms with E-state index in [1.807, 2.05) is 0 Å². The molecular formula is C14H16ClN5O3. The van der Waals surface area contributed by atoms with E-state index >= 15 is 0 Å². The zero-order chi connectivity index (χ0) is 16.7. The van der Waals surface area contributed by atoms with Gasteiger partial charge in [-0.1, -0.05) is 11.6 Å². The second kappa shape index (κ2) is 8.25. The molecule has 1 aromatic heterocycles. The number of rotatable bonds is 8. The summed E-state index contributed by atoms with van der Waals surface area (Å²) in [4.78, 5) is 18.6. The van der Waals surface area contributed by atoms with Crippen LogP contribution in [0.4, 0.5) is 23.1 Å². The van der Waals surface area contributed by atoms with Gasteiger partial charge in [0.2, 0.25) is 11.8 Å². The Labute approximate surface area is 137 Å². The van der Waals surface area contributed by atoms with Crippen LogP contribution in [-0.4, -0.2) is 33.1 Å². The fraction of sp³-hybridized carbons (Fsp3) is 0.286. The van der Waals surface area contributed by atoms with Crippen LogP contribution in [0.2, 0.25) is 5.02 Å². The van der Waals surface area contributed by atoms with E-state index in [9.17, 15) is 10.1 Å². The number of nitrogens with one attached hydrogen (secondary N) is 2. The molecule has 0 unspecified atom stereocenters. The third-order valence-corrected chi connectivity index (χ3v) is 3.20. The van der Waals surface area contributed by atoms with Gasteiger partial charge in [-0.05, 0) is 37.1 Å². The highest BCUT2D eigenvalue weighted by Crippen LogP contribution is 2.24. The summed E-state index contributed by atoms with van der Waals surface area (Å²) in [6, 6.07) is 6.93. The minimum Gasteiger partial charge on any atom is -0.396 e. The summed E-state index contributed by atoms with van der Waals surface area (Å²) in [6.45, 7) is 0.551. The lowest BCUT2D eigenvalue weighted by molar-refractivity contribution is -0.384. The summed E-state index contributed by atoms with van der Waals surface area (Å²) in [6.07, 6.45) is 2.44. The van der Waals surface area contributed by atoms with Crippen molar-refractivity contribution in [2.24, 2.45) is 0 Å². The van der Waals surface area contributed by atoms with Crippen molar-refractivity contribution in [3.05, 3.63) is 45.6 Å². The maximum atomic E-state index is 11.0. The van der Waals surface area contributed by atoms with E-state index in [1.54, 1.807) is 24.3 Å². The van der Waals surface area contributed by atoms with Crippen LogP contribution in [0, 0.1) is 10.1 Å². The van der Waals surface area contributed by atoms with Gasteiger partial charge in [0.05, 0.1) is 4.92 Å². The summed E-state index contributed by atoms with van der Waals surface area (Å²) in [5.41, 5.74) is 0.519. The second-order valence-corrected chi connectivity index (χ2v) is 5.11. The number of nitro groups is 1. The number of benzene rings is 1. The zero-order valence-electron chi connectivity index (χ0n) is 12.2. The molecule has 0 radical (unpaired) electrons. The van der Waals surface area contributed by atoms with Crippen molar-refractivity contribution >= 4 is 34.7 Å². The molecule has 0 bridgehead atoms. The zero-order valence-corrected chi connectivity index (χ0v) is 13.0. The molecule has 1 heterocycles. The topological polar surface area (TPSA) is 113 Å². The number of hydrogen-bond acceptors (Lipinski definition) is 7. The lowest BCUT2D eigenvalue weighted by Crippen LogP contribution is -2.09. The minimum atomic E-state index is -0.541. The number of aromatic nitrogens is 2. The van der Waals surface area contributed by atoms with Crippen LogP contribution >= 0.6 is 11.6 Å². The van der Waals surface area contributed by atoms with Gasteiger partial charge in [0.15, 0.2) is 0 Å². The van der Waals surface area contributed by atoms with Crippen molar-refractivity contribution in [3.8, 4) is 0 Å². The van der Waals surface area contributed by atoms with Crippen molar-refractivity contribution in [2.45, 2.75) is 12.8 Å². The molecule has 8 nitrogen and oxygen atoms in total. The van der Waals surface area contributed by atoms with Crippen molar-refractivity contribution in [1.29, 1.82) is 0 Å². The monoisotopic (exact) mass is 337 g/mol. The predicted molar refractivity (Wildman–Crippen MR) is 88.2 cm³/mol. The maximum absolute atomic E-state index is 11.0. The molecule has 0 aliphatic rings. The van der Waals surface area contributed by atoms with Gasteiger partial charge in [-0.25, -0.2) is 4.98 Å². The Hall–Kier alpha value is -2.45. The molecule has 0 spiro atoms. The Morgan fingerprint density at radius 2 is 2.00 bits per heavy atom. The fourth-order valence-corrected chi connectivity index (χ4v) is 1.93. The molecule has 0 saturated heterocycles. The lowest BCUT2D eigenvalue weighted by atomic mass is 10.3. The fourth-order valence-electron chi connectivity index (χ4n) is 1.81. The van der Waals surface area contributed by atoms with Gasteiger partial charge in [0, 0.05) is 23.9 Å². The van der Waals surface area contributed by atoms with Crippen LogP contribution in [0.25, 0.3) is 0 Å². The maximum Gasteiger partial charge on any atom is 0.329 e. The Kier molecular flexibility index (Phi) is 6.07. The second-order valence-electron chi connectivity index (χ2n) is 4.67. The van der Waals surface area contributed by atoms with Crippen molar-refractivity contribution in [3.63, 3.8) is 0 Å². The molecule has 0 fully saturated rings. The first kappa shape index (κ1) is 16.9. The molecule has 1 aromatic carbocycles. The number of aliphatic hydroxyl groups excluding tert-OH is 1. The standard InChI is InChI=1S/C14H16ClN5O3/c15-10-3-5-11(6-4-10)18-14-17-9-12(20(22)23)13(19-14)16-7-1-2-8-21/h3-6,9,21H,1-2,7-8H2,(H2,16,17,18,19). The van der Waals surface area contributed by atoms with E-state index in [2.05, 4.69) is 20.6 Å². The highest BCUT2D eigenvalue weighted by Gasteiger charge is 2.17. The summed E-state index contributed by atoms with van der Waals surface area (Å²) < 4.78 is 0. The average Bonchev–Trinajstić information content (AvgIpc) is 2.54. The minimum absolute atomic E-state index is 0.0803. The van der Waals surface area contributed by atoms with Gasteiger partial charge in [-0.3, -0.25) is 10.1 Å². The number of anilines is 3. The number of unbranched alkanes of at least 4 members (excludes halogenated alkanes) is 1. The van der Waals surface area contributed by atoms with E-state index in [0.29, 0.717) is 24.4 Å². The molecule has 23 heavy (non-hydrogen) atoms.